The van der Waals surface area contributed by atoms with Crippen LogP contribution in [0.5, 0.6) is 0 Å². The molecule has 0 saturated carbocycles. The van der Waals surface area contributed by atoms with Gasteiger partial charge in [0.25, 0.3) is 0 Å². The molecule has 1 rings (SSSR count). The van der Waals surface area contributed by atoms with E-state index < -0.39 is 35.8 Å². The molecule has 6 heteroatoms. The lowest BCUT2D eigenvalue weighted by molar-refractivity contribution is -0.365. The molecule has 0 aliphatic carbocycles. The third-order valence-electron chi connectivity index (χ3n) is 3.34. The summed E-state index contributed by atoms with van der Waals surface area (Å²) in [7, 11) is 1.31. The van der Waals surface area contributed by atoms with E-state index in [0.29, 0.717) is 0 Å². The highest BCUT2D eigenvalue weighted by molar-refractivity contribution is 5.07. The van der Waals surface area contributed by atoms with E-state index in [1.807, 2.05) is 0 Å². The van der Waals surface area contributed by atoms with E-state index in [0.717, 1.165) is 0 Å². The van der Waals surface area contributed by atoms with Crippen LogP contribution >= 0.6 is 0 Å². The van der Waals surface area contributed by atoms with Crippen molar-refractivity contribution in [3.63, 3.8) is 0 Å². The van der Waals surface area contributed by atoms with Crippen LogP contribution in [0.2, 0.25) is 0 Å². The second-order valence-electron chi connectivity index (χ2n) is 4.65. The number of hydrogen-bond donors (Lipinski definition) is 4. The first-order valence-electron chi connectivity index (χ1n) is 5.15. The van der Waals surface area contributed by atoms with E-state index in [1.54, 1.807) is 0 Å². The Kier molecular flexibility index (Phi) is 3.64. The first-order chi connectivity index (χ1) is 7.16. The molecule has 1 aliphatic heterocycles. The summed E-state index contributed by atoms with van der Waals surface area (Å²) < 4.78 is 10.1. The van der Waals surface area contributed by atoms with Crippen LogP contribution in [0.15, 0.2) is 0 Å². The zero-order valence-electron chi connectivity index (χ0n) is 9.91. The molecule has 96 valence electrons. The number of methoxy groups -OCH3 is 1. The maximum absolute atomic E-state index is 10.1. The smallest absolute Gasteiger partial charge is 0.189 e. The van der Waals surface area contributed by atoms with Crippen LogP contribution in [0.1, 0.15) is 20.8 Å². The van der Waals surface area contributed by atoms with Gasteiger partial charge >= 0.3 is 0 Å². The average molecular weight is 236 g/mol. The second kappa shape index (κ2) is 4.21. The summed E-state index contributed by atoms with van der Waals surface area (Å²) in [6, 6.07) is 0. The number of rotatable bonds is 2. The molecule has 1 heterocycles. The van der Waals surface area contributed by atoms with E-state index in [2.05, 4.69) is 0 Å². The summed E-state index contributed by atoms with van der Waals surface area (Å²) in [5, 5.41) is 39.5. The van der Waals surface area contributed by atoms with Gasteiger partial charge in [0.15, 0.2) is 6.29 Å². The van der Waals surface area contributed by atoms with E-state index in [1.165, 1.54) is 27.9 Å². The first-order valence-corrected chi connectivity index (χ1v) is 5.15. The summed E-state index contributed by atoms with van der Waals surface area (Å²) in [5.74, 6) is 0. The highest BCUT2D eigenvalue weighted by atomic mass is 16.7. The normalized spacial score (nSPS) is 51.4. The molecule has 1 fully saturated rings. The fourth-order valence-electron chi connectivity index (χ4n) is 1.87. The van der Waals surface area contributed by atoms with Gasteiger partial charge in [0, 0.05) is 7.11 Å². The van der Waals surface area contributed by atoms with Crippen LogP contribution in [0.3, 0.4) is 0 Å². The first kappa shape index (κ1) is 13.8. The minimum atomic E-state index is -1.84. The monoisotopic (exact) mass is 236 g/mol. The minimum Gasteiger partial charge on any atom is -0.391 e. The van der Waals surface area contributed by atoms with Crippen molar-refractivity contribution < 1.29 is 29.9 Å². The van der Waals surface area contributed by atoms with Gasteiger partial charge in [-0.1, -0.05) is 0 Å². The standard InChI is InChI=1S/C10H20O6/c1-5(11)6-7(12)9(2,13)10(3,14)8(15-4)16-6/h5-8,11-14H,1-4H3/t5?,6-,7+,8+,9+,10+/m1/s1. The number of hydrogen-bond acceptors (Lipinski definition) is 6. The molecule has 0 spiro atoms. The molecular weight excluding hydrogens is 216 g/mol. The minimum absolute atomic E-state index is 0.991. The Morgan fingerprint density at radius 1 is 1.25 bits per heavy atom. The van der Waals surface area contributed by atoms with Crippen molar-refractivity contribution in [2.45, 2.75) is 56.6 Å². The Balaban J connectivity index is 3.06. The van der Waals surface area contributed by atoms with Gasteiger partial charge in [-0.2, -0.15) is 0 Å². The second-order valence-corrected chi connectivity index (χ2v) is 4.65. The molecule has 0 aromatic carbocycles. The molecule has 0 radical (unpaired) electrons. The molecule has 0 amide bonds. The maximum Gasteiger partial charge on any atom is 0.189 e. The van der Waals surface area contributed by atoms with Crippen LogP contribution in [-0.2, 0) is 9.47 Å². The molecule has 0 aromatic rings. The third kappa shape index (κ3) is 1.85. The number of aliphatic hydroxyl groups is 4. The molecule has 1 saturated heterocycles. The number of ether oxygens (including phenoxy) is 2. The molecule has 16 heavy (non-hydrogen) atoms. The number of aliphatic hydroxyl groups excluding tert-OH is 2. The van der Waals surface area contributed by atoms with Crippen LogP contribution in [-0.4, -0.2) is 63.3 Å². The van der Waals surface area contributed by atoms with Crippen molar-refractivity contribution in [3.05, 3.63) is 0 Å². The van der Waals surface area contributed by atoms with Gasteiger partial charge in [-0.15, -0.1) is 0 Å². The van der Waals surface area contributed by atoms with E-state index in [4.69, 9.17) is 9.47 Å². The zero-order valence-corrected chi connectivity index (χ0v) is 9.91. The quantitative estimate of drug-likeness (QED) is 0.471. The SMILES string of the molecule is CO[C@H]1O[C@H](C(C)O)[C@H](O)[C@](C)(O)[C@@]1(C)O. The lowest BCUT2D eigenvalue weighted by atomic mass is 9.75. The van der Waals surface area contributed by atoms with Crippen molar-refractivity contribution in [1.82, 2.24) is 0 Å². The van der Waals surface area contributed by atoms with Crippen molar-refractivity contribution in [1.29, 1.82) is 0 Å². The van der Waals surface area contributed by atoms with Crippen molar-refractivity contribution in [3.8, 4) is 0 Å². The van der Waals surface area contributed by atoms with Crippen LogP contribution in [0, 0.1) is 0 Å². The summed E-state index contributed by atoms with van der Waals surface area (Å²) in [4.78, 5) is 0. The van der Waals surface area contributed by atoms with Crippen molar-refractivity contribution in [2.24, 2.45) is 0 Å². The van der Waals surface area contributed by atoms with E-state index >= 15 is 0 Å². The Labute approximate surface area is 94.4 Å². The Hall–Kier alpha value is -0.240. The highest BCUT2D eigenvalue weighted by Gasteiger charge is 2.60. The zero-order chi connectivity index (χ0) is 12.7. The Morgan fingerprint density at radius 2 is 1.75 bits per heavy atom. The predicted octanol–water partition coefficient (Wildman–Crippen LogP) is -1.40. The van der Waals surface area contributed by atoms with Gasteiger partial charge in [-0.3, -0.25) is 0 Å². The molecule has 4 N–H and O–H groups in total. The Morgan fingerprint density at radius 3 is 2.12 bits per heavy atom. The third-order valence-corrected chi connectivity index (χ3v) is 3.34. The van der Waals surface area contributed by atoms with Gasteiger partial charge in [0.1, 0.15) is 23.4 Å². The molecule has 6 nitrogen and oxygen atoms in total. The van der Waals surface area contributed by atoms with Crippen LogP contribution < -0.4 is 0 Å². The van der Waals surface area contributed by atoms with Crippen LogP contribution in [0.4, 0.5) is 0 Å². The summed E-state index contributed by atoms with van der Waals surface area (Å²) >= 11 is 0. The van der Waals surface area contributed by atoms with Gasteiger partial charge in [0.2, 0.25) is 0 Å². The fraction of sp³-hybridized carbons (Fsp3) is 1.00. The highest BCUT2D eigenvalue weighted by Crippen LogP contribution is 2.38. The average Bonchev–Trinajstić information content (AvgIpc) is 2.15. The van der Waals surface area contributed by atoms with Crippen molar-refractivity contribution in [2.75, 3.05) is 7.11 Å². The largest absolute Gasteiger partial charge is 0.391 e. The molecule has 0 bridgehead atoms. The topological polar surface area (TPSA) is 99.4 Å². The summed E-state index contributed by atoms with van der Waals surface area (Å²) in [5.41, 5.74) is -3.61. The Bertz CT molecular complexity index is 250. The fourth-order valence-corrected chi connectivity index (χ4v) is 1.87. The van der Waals surface area contributed by atoms with E-state index in [9.17, 15) is 20.4 Å². The molecular formula is C10H20O6. The van der Waals surface area contributed by atoms with Crippen molar-refractivity contribution >= 4 is 0 Å². The van der Waals surface area contributed by atoms with Gasteiger partial charge < -0.3 is 29.9 Å². The van der Waals surface area contributed by atoms with Gasteiger partial charge in [-0.05, 0) is 20.8 Å². The van der Waals surface area contributed by atoms with Gasteiger partial charge in [0.05, 0.1) is 6.10 Å². The summed E-state index contributed by atoms with van der Waals surface area (Å²) in [6.07, 6.45) is -4.53. The van der Waals surface area contributed by atoms with E-state index in [-0.39, 0.29) is 0 Å². The van der Waals surface area contributed by atoms with Gasteiger partial charge in [-0.25, -0.2) is 0 Å². The molecule has 6 atom stereocenters. The molecule has 0 aromatic heterocycles. The maximum atomic E-state index is 10.1. The molecule has 1 aliphatic rings. The summed E-state index contributed by atoms with van der Waals surface area (Å²) in [6.45, 7) is 4.01. The van der Waals surface area contributed by atoms with Crippen LogP contribution in [0.25, 0.3) is 0 Å². The molecule has 1 unspecified atom stereocenters. The lowest BCUT2D eigenvalue weighted by Crippen LogP contribution is -2.73. The lowest BCUT2D eigenvalue weighted by Gasteiger charge is -2.52. The predicted molar refractivity (Wildman–Crippen MR) is 54.6 cm³/mol.